The molecule has 0 spiro atoms. The molecule has 0 bridgehead atoms. The van der Waals surface area contributed by atoms with E-state index in [-0.39, 0.29) is 11.9 Å². The van der Waals surface area contributed by atoms with Crippen LogP contribution in [-0.4, -0.2) is 26.6 Å². The van der Waals surface area contributed by atoms with Gasteiger partial charge < -0.3 is 10.6 Å². The van der Waals surface area contributed by atoms with Crippen molar-refractivity contribution in [3.05, 3.63) is 29.8 Å². The van der Waals surface area contributed by atoms with Gasteiger partial charge in [-0.1, -0.05) is 62.9 Å². The van der Waals surface area contributed by atoms with Crippen molar-refractivity contribution in [1.29, 1.82) is 0 Å². The second kappa shape index (κ2) is 7.76. The SMILES string of the molecule is CC(C)CNC(=O)C(C)NCc1ccc([Si](C)(C)C)cc1. The lowest BCUT2D eigenvalue weighted by atomic mass is 10.2. The quantitative estimate of drug-likeness (QED) is 0.760. The van der Waals surface area contributed by atoms with Gasteiger partial charge in [-0.2, -0.15) is 0 Å². The third kappa shape index (κ3) is 6.44. The molecular formula is C17H30N2OSi. The van der Waals surface area contributed by atoms with Crippen molar-refractivity contribution in [2.24, 2.45) is 5.92 Å². The summed E-state index contributed by atoms with van der Waals surface area (Å²) in [4.78, 5) is 11.9. The van der Waals surface area contributed by atoms with Crippen LogP contribution in [0.5, 0.6) is 0 Å². The Morgan fingerprint density at radius 1 is 1.10 bits per heavy atom. The summed E-state index contributed by atoms with van der Waals surface area (Å²) in [5.74, 6) is 0.553. The van der Waals surface area contributed by atoms with Crippen molar-refractivity contribution in [1.82, 2.24) is 10.6 Å². The molecule has 2 N–H and O–H groups in total. The zero-order chi connectivity index (χ0) is 16.0. The number of amides is 1. The van der Waals surface area contributed by atoms with Crippen molar-refractivity contribution in [2.75, 3.05) is 6.54 Å². The van der Waals surface area contributed by atoms with E-state index in [1.54, 1.807) is 0 Å². The van der Waals surface area contributed by atoms with Gasteiger partial charge in [0.2, 0.25) is 5.91 Å². The van der Waals surface area contributed by atoms with Crippen LogP contribution in [0.3, 0.4) is 0 Å². The molecule has 1 aromatic rings. The fourth-order valence-corrected chi connectivity index (χ4v) is 3.11. The van der Waals surface area contributed by atoms with Crippen molar-refractivity contribution in [3.63, 3.8) is 0 Å². The van der Waals surface area contributed by atoms with Gasteiger partial charge in [-0.3, -0.25) is 4.79 Å². The van der Waals surface area contributed by atoms with Crippen LogP contribution in [-0.2, 0) is 11.3 Å². The van der Waals surface area contributed by atoms with E-state index < -0.39 is 8.07 Å². The molecule has 0 aliphatic heterocycles. The van der Waals surface area contributed by atoms with Gasteiger partial charge in [-0.25, -0.2) is 0 Å². The highest BCUT2D eigenvalue weighted by Crippen LogP contribution is 2.05. The average Bonchev–Trinajstić information content (AvgIpc) is 2.41. The summed E-state index contributed by atoms with van der Waals surface area (Å²) in [6.45, 7) is 14.6. The lowest BCUT2D eigenvalue weighted by molar-refractivity contribution is -0.122. The van der Waals surface area contributed by atoms with Gasteiger partial charge in [0, 0.05) is 13.1 Å². The van der Waals surface area contributed by atoms with Crippen LogP contribution in [0.4, 0.5) is 0 Å². The minimum absolute atomic E-state index is 0.0717. The topological polar surface area (TPSA) is 41.1 Å². The molecule has 0 aliphatic carbocycles. The van der Waals surface area contributed by atoms with Crippen LogP contribution < -0.4 is 15.8 Å². The summed E-state index contributed by atoms with van der Waals surface area (Å²) in [5.41, 5.74) is 1.22. The number of hydrogen-bond donors (Lipinski definition) is 2. The van der Waals surface area contributed by atoms with E-state index in [2.05, 4.69) is 68.4 Å². The van der Waals surface area contributed by atoms with Gasteiger partial charge in [0.05, 0.1) is 14.1 Å². The predicted octanol–water partition coefficient (Wildman–Crippen LogP) is 2.48. The Balaban J connectivity index is 2.46. The molecule has 1 atom stereocenters. The van der Waals surface area contributed by atoms with Gasteiger partial charge in [-0.05, 0) is 18.4 Å². The third-order valence-electron chi connectivity index (χ3n) is 3.51. The molecule has 1 rings (SSSR count). The number of hydrogen-bond acceptors (Lipinski definition) is 2. The van der Waals surface area contributed by atoms with E-state index in [1.807, 2.05) is 6.92 Å². The Morgan fingerprint density at radius 2 is 1.67 bits per heavy atom. The van der Waals surface area contributed by atoms with Gasteiger partial charge in [0.25, 0.3) is 0 Å². The Labute approximate surface area is 130 Å². The first kappa shape index (κ1) is 17.9. The standard InChI is InChI=1S/C17H30N2OSi/c1-13(2)11-19-17(20)14(3)18-12-15-7-9-16(10-8-15)21(4,5)6/h7-10,13-14,18H,11-12H2,1-6H3,(H,19,20). The average molecular weight is 307 g/mol. The van der Waals surface area contributed by atoms with E-state index in [0.717, 1.165) is 13.1 Å². The highest BCUT2D eigenvalue weighted by molar-refractivity contribution is 6.88. The normalized spacial score (nSPS) is 13.3. The third-order valence-corrected chi connectivity index (χ3v) is 5.58. The number of carbonyl (C=O) groups is 1. The first-order valence-corrected chi connectivity index (χ1v) is 11.3. The van der Waals surface area contributed by atoms with Crippen LogP contribution in [0.15, 0.2) is 24.3 Å². The van der Waals surface area contributed by atoms with E-state index in [1.165, 1.54) is 10.8 Å². The Kier molecular flexibility index (Phi) is 6.62. The second-order valence-corrected chi connectivity index (χ2v) is 12.3. The van der Waals surface area contributed by atoms with Gasteiger partial charge >= 0.3 is 0 Å². The molecule has 1 amide bonds. The maximum Gasteiger partial charge on any atom is 0.236 e. The minimum Gasteiger partial charge on any atom is -0.354 e. The monoisotopic (exact) mass is 306 g/mol. The van der Waals surface area contributed by atoms with Crippen molar-refractivity contribution in [3.8, 4) is 0 Å². The van der Waals surface area contributed by atoms with Gasteiger partial charge in [0.15, 0.2) is 0 Å². The first-order valence-electron chi connectivity index (χ1n) is 7.80. The fourth-order valence-electron chi connectivity index (χ4n) is 1.94. The lowest BCUT2D eigenvalue weighted by Crippen LogP contribution is -2.43. The molecule has 0 radical (unpaired) electrons. The van der Waals surface area contributed by atoms with Crippen LogP contribution in [0.2, 0.25) is 19.6 Å². The number of nitrogens with one attached hydrogen (secondary N) is 2. The van der Waals surface area contributed by atoms with Crippen molar-refractivity contribution < 1.29 is 4.79 Å². The van der Waals surface area contributed by atoms with Crippen molar-refractivity contribution >= 4 is 19.2 Å². The summed E-state index contributed by atoms with van der Waals surface area (Å²) < 4.78 is 0. The summed E-state index contributed by atoms with van der Waals surface area (Å²) in [6, 6.07) is 8.62. The molecule has 21 heavy (non-hydrogen) atoms. The highest BCUT2D eigenvalue weighted by atomic mass is 28.3. The Bertz CT molecular complexity index is 449. The molecule has 3 nitrogen and oxygen atoms in total. The number of benzene rings is 1. The number of rotatable bonds is 7. The van der Waals surface area contributed by atoms with Crippen LogP contribution in [0, 0.1) is 5.92 Å². The summed E-state index contributed by atoms with van der Waals surface area (Å²) >= 11 is 0. The van der Waals surface area contributed by atoms with Crippen molar-refractivity contribution in [2.45, 2.75) is 53.0 Å². The van der Waals surface area contributed by atoms with E-state index >= 15 is 0 Å². The molecular weight excluding hydrogens is 276 g/mol. The first-order chi connectivity index (χ1) is 9.70. The second-order valence-electron chi connectivity index (χ2n) is 7.19. The largest absolute Gasteiger partial charge is 0.354 e. The summed E-state index contributed by atoms with van der Waals surface area (Å²) in [7, 11) is -1.22. The fraction of sp³-hybridized carbons (Fsp3) is 0.588. The van der Waals surface area contributed by atoms with Crippen LogP contribution in [0.25, 0.3) is 0 Å². The molecule has 0 aliphatic rings. The van der Waals surface area contributed by atoms with Gasteiger partial charge in [0.1, 0.15) is 0 Å². The molecule has 0 saturated heterocycles. The predicted molar refractivity (Wildman–Crippen MR) is 93.6 cm³/mol. The molecule has 0 heterocycles. The minimum atomic E-state index is -1.22. The van der Waals surface area contributed by atoms with Gasteiger partial charge in [-0.15, -0.1) is 0 Å². The van der Waals surface area contributed by atoms with E-state index in [0.29, 0.717) is 5.92 Å². The molecule has 1 aromatic carbocycles. The molecule has 118 valence electrons. The van der Waals surface area contributed by atoms with E-state index in [4.69, 9.17) is 0 Å². The lowest BCUT2D eigenvalue weighted by Gasteiger charge is -2.18. The van der Waals surface area contributed by atoms with Crippen LogP contribution >= 0.6 is 0 Å². The molecule has 4 heteroatoms. The summed E-state index contributed by atoms with van der Waals surface area (Å²) in [6.07, 6.45) is 0. The number of carbonyl (C=O) groups excluding carboxylic acids is 1. The zero-order valence-corrected chi connectivity index (χ0v) is 15.3. The molecule has 0 saturated carbocycles. The maximum atomic E-state index is 11.9. The highest BCUT2D eigenvalue weighted by Gasteiger charge is 2.16. The summed E-state index contributed by atoms with van der Waals surface area (Å²) in [5, 5.41) is 7.70. The zero-order valence-electron chi connectivity index (χ0n) is 14.3. The van der Waals surface area contributed by atoms with E-state index in [9.17, 15) is 4.79 Å². The molecule has 1 unspecified atom stereocenters. The smallest absolute Gasteiger partial charge is 0.236 e. The Hall–Kier alpha value is -1.13. The Morgan fingerprint density at radius 3 is 2.14 bits per heavy atom. The van der Waals surface area contributed by atoms with Crippen LogP contribution in [0.1, 0.15) is 26.3 Å². The maximum absolute atomic E-state index is 11.9. The molecule has 0 fully saturated rings. The molecule has 0 aromatic heterocycles.